The van der Waals surface area contributed by atoms with Gasteiger partial charge in [-0.1, -0.05) is 34.5 Å². The Bertz CT molecular complexity index is 634. The molecule has 0 spiro atoms. The number of nitrogens with one attached hydrogen (secondary N) is 1. The summed E-state index contributed by atoms with van der Waals surface area (Å²) in [5.41, 5.74) is 3.92. The van der Waals surface area contributed by atoms with Gasteiger partial charge in [-0.05, 0) is 73.0 Å². The zero-order valence-corrected chi connectivity index (χ0v) is 14.6. The third kappa shape index (κ3) is 3.65. The lowest BCUT2D eigenvalue weighted by atomic mass is 9.91. The van der Waals surface area contributed by atoms with Gasteiger partial charge in [-0.15, -0.1) is 0 Å². The van der Waals surface area contributed by atoms with E-state index in [1.54, 1.807) is 12.1 Å². The van der Waals surface area contributed by atoms with Gasteiger partial charge in [-0.3, -0.25) is 0 Å². The molecule has 2 aromatic rings. The van der Waals surface area contributed by atoms with Crippen LogP contribution in [0.15, 0.2) is 34.8 Å². The first-order valence-electron chi connectivity index (χ1n) is 6.89. The fraction of sp³-hybridized carbons (Fsp3) is 0.294. The molecule has 1 nitrogen and oxygen atoms in total. The Morgan fingerprint density at radius 3 is 2.38 bits per heavy atom. The molecular weight excluding hydrogens is 353 g/mol. The number of aryl methyl sites for hydroxylation is 2. The van der Waals surface area contributed by atoms with Gasteiger partial charge < -0.3 is 5.32 Å². The van der Waals surface area contributed by atoms with Gasteiger partial charge >= 0.3 is 0 Å². The lowest BCUT2D eigenvalue weighted by Gasteiger charge is -2.24. The second kappa shape index (κ2) is 6.91. The molecule has 1 N–H and O–H groups in total. The highest BCUT2D eigenvalue weighted by atomic mass is 79.9. The highest BCUT2D eigenvalue weighted by molar-refractivity contribution is 9.10. The molecule has 0 aliphatic rings. The fourth-order valence-corrected chi connectivity index (χ4v) is 3.29. The van der Waals surface area contributed by atoms with Crippen molar-refractivity contribution < 1.29 is 4.39 Å². The monoisotopic (exact) mass is 369 g/mol. The minimum atomic E-state index is -0.204. The molecule has 0 radical (unpaired) electrons. The topological polar surface area (TPSA) is 12.0 Å². The third-order valence-corrected chi connectivity index (χ3v) is 4.36. The predicted octanol–water partition coefficient (Wildman–Crippen LogP) is 5.56. The molecule has 0 aromatic heterocycles. The molecule has 0 saturated carbocycles. The van der Waals surface area contributed by atoms with E-state index < -0.39 is 0 Å². The Kier molecular flexibility index (Phi) is 5.42. The van der Waals surface area contributed by atoms with E-state index in [0.717, 1.165) is 33.3 Å². The van der Waals surface area contributed by atoms with Crippen LogP contribution in [0.5, 0.6) is 0 Å². The summed E-state index contributed by atoms with van der Waals surface area (Å²) in [5.74, 6) is -0.204. The van der Waals surface area contributed by atoms with Crippen molar-refractivity contribution in [3.63, 3.8) is 0 Å². The van der Waals surface area contributed by atoms with E-state index in [4.69, 9.17) is 11.6 Å². The molecule has 4 heteroatoms. The SMILES string of the molecule is CCNC(c1cc(Br)ccc1Cl)c1c(C)cc(F)cc1C. The van der Waals surface area contributed by atoms with Crippen molar-refractivity contribution in [3.8, 4) is 0 Å². The molecule has 2 rings (SSSR count). The second-order valence-corrected chi connectivity index (χ2v) is 6.43. The van der Waals surface area contributed by atoms with Crippen LogP contribution in [0, 0.1) is 19.7 Å². The van der Waals surface area contributed by atoms with Crippen molar-refractivity contribution in [2.24, 2.45) is 0 Å². The standard InChI is InChI=1S/C17H18BrClFN/c1-4-21-17(14-9-12(18)5-6-15(14)19)16-10(2)7-13(20)8-11(16)3/h5-9,17,21H,4H2,1-3H3. The van der Waals surface area contributed by atoms with E-state index >= 15 is 0 Å². The number of hydrogen-bond donors (Lipinski definition) is 1. The smallest absolute Gasteiger partial charge is 0.123 e. The highest BCUT2D eigenvalue weighted by Crippen LogP contribution is 2.34. The first-order chi connectivity index (χ1) is 9.93. The Morgan fingerprint density at radius 2 is 1.81 bits per heavy atom. The number of benzene rings is 2. The molecule has 1 unspecified atom stereocenters. The largest absolute Gasteiger partial charge is 0.306 e. The van der Waals surface area contributed by atoms with Crippen LogP contribution in [-0.4, -0.2) is 6.54 Å². The van der Waals surface area contributed by atoms with Crippen molar-refractivity contribution in [2.75, 3.05) is 6.54 Å². The van der Waals surface area contributed by atoms with Gasteiger partial charge in [-0.25, -0.2) is 4.39 Å². The van der Waals surface area contributed by atoms with Gasteiger partial charge in [0.2, 0.25) is 0 Å². The van der Waals surface area contributed by atoms with E-state index in [9.17, 15) is 4.39 Å². The summed E-state index contributed by atoms with van der Waals surface area (Å²) in [6, 6.07) is 8.88. The second-order valence-electron chi connectivity index (χ2n) is 5.11. The molecule has 0 bridgehead atoms. The lowest BCUT2D eigenvalue weighted by Crippen LogP contribution is -2.24. The maximum absolute atomic E-state index is 13.5. The van der Waals surface area contributed by atoms with E-state index in [0.29, 0.717) is 5.02 Å². The van der Waals surface area contributed by atoms with Crippen molar-refractivity contribution in [1.29, 1.82) is 0 Å². The maximum atomic E-state index is 13.5. The summed E-state index contributed by atoms with van der Waals surface area (Å²) in [7, 11) is 0. The third-order valence-electron chi connectivity index (χ3n) is 3.52. The minimum absolute atomic E-state index is 0.0550. The van der Waals surface area contributed by atoms with Gasteiger partial charge in [0.05, 0.1) is 6.04 Å². The van der Waals surface area contributed by atoms with Crippen LogP contribution in [0.3, 0.4) is 0 Å². The van der Waals surface area contributed by atoms with Crippen LogP contribution < -0.4 is 5.32 Å². The van der Waals surface area contributed by atoms with Crippen LogP contribution in [0.4, 0.5) is 4.39 Å². The van der Waals surface area contributed by atoms with Crippen molar-refractivity contribution in [2.45, 2.75) is 26.8 Å². The fourth-order valence-electron chi connectivity index (χ4n) is 2.68. The molecule has 2 aromatic carbocycles. The summed E-state index contributed by atoms with van der Waals surface area (Å²) in [4.78, 5) is 0. The normalized spacial score (nSPS) is 12.5. The Hall–Kier alpha value is -0.900. The van der Waals surface area contributed by atoms with Crippen LogP contribution in [-0.2, 0) is 0 Å². The minimum Gasteiger partial charge on any atom is -0.306 e. The number of rotatable bonds is 4. The zero-order chi connectivity index (χ0) is 15.6. The first kappa shape index (κ1) is 16.5. The predicted molar refractivity (Wildman–Crippen MR) is 90.5 cm³/mol. The van der Waals surface area contributed by atoms with E-state index in [1.807, 2.05) is 39.0 Å². The quantitative estimate of drug-likeness (QED) is 0.743. The molecule has 0 amide bonds. The molecule has 0 aliphatic heterocycles. The highest BCUT2D eigenvalue weighted by Gasteiger charge is 2.20. The average molecular weight is 371 g/mol. The Labute approximate surface area is 138 Å². The van der Waals surface area contributed by atoms with E-state index in [-0.39, 0.29) is 11.9 Å². The van der Waals surface area contributed by atoms with Crippen molar-refractivity contribution in [1.82, 2.24) is 5.32 Å². The molecule has 21 heavy (non-hydrogen) atoms. The molecule has 0 aliphatic carbocycles. The maximum Gasteiger partial charge on any atom is 0.123 e. The van der Waals surface area contributed by atoms with Gasteiger partial charge in [-0.2, -0.15) is 0 Å². The van der Waals surface area contributed by atoms with E-state index in [2.05, 4.69) is 21.2 Å². The zero-order valence-electron chi connectivity index (χ0n) is 12.3. The van der Waals surface area contributed by atoms with Gasteiger partial charge in [0, 0.05) is 9.50 Å². The van der Waals surface area contributed by atoms with Crippen LogP contribution in [0.2, 0.25) is 5.02 Å². The molecule has 0 saturated heterocycles. The Morgan fingerprint density at radius 1 is 1.19 bits per heavy atom. The summed E-state index contributed by atoms with van der Waals surface area (Å²) in [6.07, 6.45) is 0. The van der Waals surface area contributed by atoms with Gasteiger partial charge in [0.1, 0.15) is 5.82 Å². The Balaban J connectivity index is 2.61. The molecule has 1 atom stereocenters. The lowest BCUT2D eigenvalue weighted by molar-refractivity contribution is 0.606. The summed E-state index contributed by atoms with van der Waals surface area (Å²) in [6.45, 7) is 6.71. The van der Waals surface area contributed by atoms with Crippen molar-refractivity contribution in [3.05, 3.63) is 67.9 Å². The summed E-state index contributed by atoms with van der Waals surface area (Å²) >= 11 is 9.87. The van der Waals surface area contributed by atoms with Crippen LogP contribution in [0.1, 0.15) is 35.2 Å². The summed E-state index contributed by atoms with van der Waals surface area (Å²) < 4.78 is 14.5. The van der Waals surface area contributed by atoms with E-state index in [1.165, 1.54) is 0 Å². The average Bonchev–Trinajstić information content (AvgIpc) is 2.39. The first-order valence-corrected chi connectivity index (χ1v) is 8.06. The van der Waals surface area contributed by atoms with Crippen LogP contribution in [0.25, 0.3) is 0 Å². The molecule has 112 valence electrons. The molecule has 0 fully saturated rings. The summed E-state index contributed by atoms with van der Waals surface area (Å²) in [5, 5.41) is 4.16. The van der Waals surface area contributed by atoms with Gasteiger partial charge in [0.25, 0.3) is 0 Å². The number of halogens is 3. The number of hydrogen-bond acceptors (Lipinski definition) is 1. The molecular formula is C17H18BrClFN. The van der Waals surface area contributed by atoms with Gasteiger partial charge in [0.15, 0.2) is 0 Å². The van der Waals surface area contributed by atoms with Crippen molar-refractivity contribution >= 4 is 27.5 Å². The van der Waals surface area contributed by atoms with Crippen LogP contribution >= 0.6 is 27.5 Å². The molecule has 0 heterocycles.